The van der Waals surface area contributed by atoms with E-state index in [4.69, 9.17) is 46.4 Å². The maximum atomic E-state index is 15.8. The number of alkyl halides is 1. The first-order chi connectivity index (χ1) is 19.0. The molecule has 0 spiro atoms. The van der Waals surface area contributed by atoms with E-state index in [1.807, 2.05) is 0 Å². The van der Waals surface area contributed by atoms with E-state index in [2.05, 4.69) is 29.9 Å². The highest BCUT2D eigenvalue weighted by atomic mass is 32.5. The van der Waals surface area contributed by atoms with E-state index in [1.54, 1.807) is 11.5 Å². The smallest absolute Gasteiger partial charge is 0.325 e. The van der Waals surface area contributed by atoms with Crippen LogP contribution in [0.4, 0.5) is 4.39 Å². The summed E-state index contributed by atoms with van der Waals surface area (Å²) in [5.41, 5.74) is 0.358. The first kappa shape index (κ1) is 28.0. The molecule has 0 saturated carbocycles. The van der Waals surface area contributed by atoms with E-state index in [0.717, 1.165) is 0 Å². The molecule has 16 nitrogen and oxygen atoms in total. The second-order valence-electron chi connectivity index (χ2n) is 8.81. The summed E-state index contributed by atoms with van der Waals surface area (Å²) < 4.78 is 46.5. The van der Waals surface area contributed by atoms with Crippen LogP contribution in [0, 0.1) is 6.92 Å². The fourth-order valence-electron chi connectivity index (χ4n) is 4.47. The monoisotopic (exact) mass is 634 g/mol. The molecule has 4 aromatic heterocycles. The van der Waals surface area contributed by atoms with Gasteiger partial charge in [0, 0.05) is 6.54 Å². The molecule has 1 fully saturated rings. The summed E-state index contributed by atoms with van der Waals surface area (Å²) in [5.74, 6) is 0.597. The molecule has 6 heterocycles. The molecule has 0 aliphatic carbocycles. The Morgan fingerprint density at radius 1 is 1.18 bits per heavy atom. The number of hydrogen-bond acceptors (Lipinski definition) is 13. The number of aryl methyl sites for hydroxylation is 1. The van der Waals surface area contributed by atoms with Crippen LogP contribution in [-0.4, -0.2) is 80.4 Å². The Balaban J connectivity index is 1.38. The molecule has 2 aliphatic heterocycles. The van der Waals surface area contributed by atoms with Crippen molar-refractivity contribution in [3.8, 4) is 0 Å². The minimum Gasteiger partial charge on any atom is -0.346 e. The van der Waals surface area contributed by atoms with Crippen molar-refractivity contribution in [2.45, 2.75) is 44.7 Å². The molecule has 3 N–H and O–H groups in total. The summed E-state index contributed by atoms with van der Waals surface area (Å²) in [6, 6.07) is 0. The fraction of sp³-hybridized carbons (Fsp3) is 0.474. The maximum absolute atomic E-state index is 15.8. The van der Waals surface area contributed by atoms with Gasteiger partial charge in [-0.3, -0.25) is 13.9 Å². The van der Waals surface area contributed by atoms with E-state index in [-0.39, 0.29) is 36.7 Å². The van der Waals surface area contributed by atoms with Crippen molar-refractivity contribution >= 4 is 59.4 Å². The number of nitrogens with zero attached hydrogens (tertiary/aromatic N) is 7. The predicted octanol–water partition coefficient (Wildman–Crippen LogP) is 0.886. The second kappa shape index (κ2) is 10.6. The average Bonchev–Trinajstić information content (AvgIpc) is 3.55. The highest BCUT2D eigenvalue weighted by molar-refractivity contribution is 8.07. The van der Waals surface area contributed by atoms with Gasteiger partial charge in [0.25, 0.3) is 5.56 Å². The van der Waals surface area contributed by atoms with Gasteiger partial charge in [0.05, 0.1) is 19.4 Å². The van der Waals surface area contributed by atoms with Crippen LogP contribution in [0.25, 0.3) is 22.3 Å². The summed E-state index contributed by atoms with van der Waals surface area (Å²) in [5, 5.41) is 0. The highest BCUT2D eigenvalue weighted by Crippen LogP contribution is 2.52. The number of imidazole rings is 2. The molecule has 0 radical (unpaired) electrons. The Morgan fingerprint density at radius 2 is 2.00 bits per heavy atom. The van der Waals surface area contributed by atoms with Crippen LogP contribution in [0.5, 0.6) is 0 Å². The molecule has 2 bridgehead atoms. The molecule has 2 unspecified atom stereocenters. The van der Waals surface area contributed by atoms with Crippen molar-refractivity contribution in [3.05, 3.63) is 40.9 Å². The van der Waals surface area contributed by atoms with Gasteiger partial charge >= 0.3 is 13.4 Å². The minimum atomic E-state index is -4.15. The Bertz CT molecular complexity index is 1750. The first-order valence-electron chi connectivity index (χ1n) is 11.7. The van der Waals surface area contributed by atoms with Crippen molar-refractivity contribution in [2.24, 2.45) is 0 Å². The molecule has 4 aromatic rings. The zero-order valence-corrected chi connectivity index (χ0v) is 23.9. The lowest BCUT2D eigenvalue weighted by Gasteiger charge is -2.25. The summed E-state index contributed by atoms with van der Waals surface area (Å²) in [6.07, 6.45) is -2.25. The highest BCUT2D eigenvalue weighted by Gasteiger charge is 2.50. The number of hydrogen-bond donors (Lipinski definition) is 3. The van der Waals surface area contributed by atoms with Gasteiger partial charge in [0.15, 0.2) is 29.2 Å². The maximum Gasteiger partial charge on any atom is 0.325 e. The second-order valence-corrected chi connectivity index (χ2v) is 14.4. The van der Waals surface area contributed by atoms with Crippen molar-refractivity contribution in [1.29, 1.82) is 0 Å². The molecule has 214 valence electrons. The van der Waals surface area contributed by atoms with Gasteiger partial charge in [-0.25, -0.2) is 29.3 Å². The number of fused-ring (bicyclic) bond motifs is 6. The van der Waals surface area contributed by atoms with Crippen molar-refractivity contribution in [2.75, 3.05) is 13.2 Å². The van der Waals surface area contributed by atoms with Gasteiger partial charge in [-0.05, 0) is 30.5 Å². The van der Waals surface area contributed by atoms with Gasteiger partial charge in [0.2, 0.25) is 0 Å². The van der Waals surface area contributed by atoms with Crippen LogP contribution < -0.4 is 5.56 Å². The third-order valence-corrected chi connectivity index (χ3v) is 9.32. The number of aromatic amines is 1. The van der Waals surface area contributed by atoms with Crippen LogP contribution in [0.1, 0.15) is 17.9 Å². The molecule has 40 heavy (non-hydrogen) atoms. The van der Waals surface area contributed by atoms with E-state index < -0.39 is 50.2 Å². The van der Waals surface area contributed by atoms with Crippen LogP contribution >= 0.6 is 13.4 Å². The Morgan fingerprint density at radius 3 is 2.83 bits per heavy atom. The zero-order valence-electron chi connectivity index (χ0n) is 20.4. The van der Waals surface area contributed by atoms with Gasteiger partial charge in [-0.2, -0.15) is 0 Å². The van der Waals surface area contributed by atoms with Crippen LogP contribution in [0.15, 0.2) is 23.6 Å². The fourth-order valence-corrected chi connectivity index (χ4v) is 6.92. The molecule has 1 saturated heterocycles. The molecule has 0 amide bonds. The van der Waals surface area contributed by atoms with Crippen LogP contribution in [0.3, 0.4) is 0 Å². The molecule has 0 aromatic carbocycles. The molecule has 6 rings (SSSR count). The predicted molar refractivity (Wildman–Crippen MR) is 142 cm³/mol. The van der Waals surface area contributed by atoms with Crippen molar-refractivity contribution in [1.82, 2.24) is 39.0 Å². The normalized spacial score (nSPS) is 32.1. The quantitative estimate of drug-likeness (QED) is 0.250. The van der Waals surface area contributed by atoms with E-state index >= 15 is 4.39 Å². The molecule has 6 atom stereocenters. The summed E-state index contributed by atoms with van der Waals surface area (Å²) >= 11 is 10.3. The zero-order chi connectivity index (χ0) is 28.2. The molecule has 2 aliphatic rings. The number of nitrogens with one attached hydrogen (secondary N) is 1. The largest absolute Gasteiger partial charge is 0.346 e. The van der Waals surface area contributed by atoms with Crippen molar-refractivity contribution in [3.63, 3.8) is 0 Å². The SMILES string of the molecule is Cc1nc2ncn([C@@H]3O[C@@H]4COP(O)(=S)OCCn5c(nc6cncnc65)COP(O)(=S)O[C@@H]3[C@@H]4F)c2c(=O)[nH]1. The molecular weight excluding hydrogens is 613 g/mol. The number of ether oxygens (including phenoxy) is 1. The van der Waals surface area contributed by atoms with Crippen molar-refractivity contribution < 1.29 is 37.0 Å². The lowest BCUT2D eigenvalue weighted by atomic mass is 10.1. The Labute approximate surface area is 234 Å². The van der Waals surface area contributed by atoms with E-state index in [0.29, 0.717) is 17.0 Å². The van der Waals surface area contributed by atoms with Gasteiger partial charge in [-0.15, -0.1) is 0 Å². The summed E-state index contributed by atoms with van der Waals surface area (Å²) in [7, 11) is 0. The number of halogens is 1. The summed E-state index contributed by atoms with van der Waals surface area (Å²) in [4.78, 5) is 57.7. The number of aromatic nitrogens is 8. The van der Waals surface area contributed by atoms with E-state index in [9.17, 15) is 14.6 Å². The average molecular weight is 635 g/mol. The standard InChI is InChI=1S/C19H21FN8O8P2S2/c1-9-24-16-14(18(29)25-9)28(8-23-16)19-15-13(20)11(35-19)5-33-37(30,39)32-3-2-27-12(6-34-38(31,40)36-15)26-10-4-21-7-22-17(10)27/h4,7-8,11,13,15,19H,2-3,5-6H2,1H3,(H,30,39)(H,31,40)(H,24,25,29)/t11-,13-,15-,19-,37?,38?/m1/s1. The summed E-state index contributed by atoms with van der Waals surface area (Å²) in [6.45, 7) is -7.29. The lowest BCUT2D eigenvalue weighted by molar-refractivity contribution is -0.0463. The van der Waals surface area contributed by atoms with Gasteiger partial charge in [0.1, 0.15) is 48.6 Å². The van der Waals surface area contributed by atoms with Gasteiger partial charge in [-0.1, -0.05) is 0 Å². The van der Waals surface area contributed by atoms with E-state index in [1.165, 1.54) is 23.4 Å². The minimum absolute atomic E-state index is 0.0232. The number of rotatable bonds is 1. The van der Waals surface area contributed by atoms with Crippen LogP contribution in [0.2, 0.25) is 0 Å². The topological polar surface area (TPSA) is 194 Å². The third-order valence-electron chi connectivity index (χ3n) is 6.17. The Kier molecular flexibility index (Phi) is 7.42. The molecule has 21 heteroatoms. The first-order valence-corrected chi connectivity index (χ1v) is 16.9. The number of H-pyrrole nitrogens is 1. The Hall–Kier alpha value is -2.15. The van der Waals surface area contributed by atoms with Gasteiger partial charge < -0.3 is 37.6 Å². The lowest BCUT2D eigenvalue weighted by Crippen LogP contribution is -2.32. The third kappa shape index (κ3) is 5.39. The molecular formula is C19H21FN8O8P2S2. The van der Waals surface area contributed by atoms with Crippen LogP contribution in [-0.2, 0) is 59.6 Å².